The van der Waals surface area contributed by atoms with Crippen molar-refractivity contribution in [3.63, 3.8) is 0 Å². The van der Waals surface area contributed by atoms with Gasteiger partial charge in [-0.2, -0.15) is 0 Å². The van der Waals surface area contributed by atoms with E-state index in [1.165, 1.54) is 28.1 Å². The van der Waals surface area contributed by atoms with Crippen LogP contribution in [0.2, 0.25) is 0 Å². The number of fused-ring (bicyclic) bond motifs is 2. The molecule has 440 valence electrons. The molecule has 2 amide bonds. The molecule has 8 atom stereocenters. The molecule has 2 aliphatic rings. The summed E-state index contributed by atoms with van der Waals surface area (Å²) in [4.78, 5) is 105. The van der Waals surface area contributed by atoms with E-state index in [0.717, 1.165) is 11.2 Å². The summed E-state index contributed by atoms with van der Waals surface area (Å²) in [6, 6.07) is 49.9. The second-order valence-electron chi connectivity index (χ2n) is 19.2. The number of anilines is 2. The Morgan fingerprint density at radius 1 is 0.494 bits per heavy atom. The molecular weight excluding hydrogens is 1140 g/mol. The molecule has 0 bridgehead atoms. The lowest BCUT2D eigenvalue weighted by molar-refractivity contribution is -0.0606. The topological polar surface area (TPSA) is 326 Å². The SMILES string of the molecule is Nc1ncnc2c1ncn2C1OC(CO)C(O)C1O.O=C(Cl)c1ccccc1.O=C(OCC1OC(n2cnc3c(N(C(=O)c4ccccc4)C(=O)c4ccccc4)ncnc32)C(OC(=O)c2ccccc2)C1OC(=O)c1ccccc1)c1ccccc1. The molecule has 4 aromatic heterocycles. The van der Waals surface area contributed by atoms with E-state index in [4.69, 9.17) is 46.1 Å². The van der Waals surface area contributed by atoms with Gasteiger partial charge in [0.2, 0.25) is 0 Å². The van der Waals surface area contributed by atoms with Crippen molar-refractivity contribution in [1.29, 1.82) is 0 Å². The molecule has 0 spiro atoms. The number of aliphatic hydroxyl groups excluding tert-OH is 3. The summed E-state index contributed by atoms with van der Waals surface area (Å²) >= 11 is 5.16. The van der Waals surface area contributed by atoms with Gasteiger partial charge < -0.3 is 44.7 Å². The standard InChI is InChI=1S/C45H33N5O9.C10H13N5O4.C7H5ClO/c51-40(29-16-6-1-7-17-29)50(41(52)30-18-8-2-9-19-30)39-35-38(46-27-47-39)49(28-48-35)42-37(59-45(55)33-24-14-5-15-25-33)36(58-44(54)32-22-12-4-13-23-32)34(57-42)26-56-43(53)31-20-10-3-11-21-31;11-8-5-9(13-2-12-8)15(3-14-5)10-7(18)6(17)4(1-16)19-10;8-7(9)6-4-2-1-3-5-6/h1-25,27-28,34,36-37,42H,26H2;2-4,6-7,10,16-18H,1H2,(H2,11,12,13);1-5H. The Hall–Kier alpha value is -10.5. The molecule has 0 radical (unpaired) electrons. The summed E-state index contributed by atoms with van der Waals surface area (Å²) in [5.41, 5.74) is 8.19. The molecule has 12 rings (SSSR count). The maximum atomic E-state index is 14.1. The van der Waals surface area contributed by atoms with Crippen LogP contribution in [0.1, 0.15) is 74.6 Å². The number of benzene rings is 6. The Balaban J connectivity index is 0.000000243. The number of hydrogen-bond donors (Lipinski definition) is 4. The molecule has 6 aromatic carbocycles. The summed E-state index contributed by atoms with van der Waals surface area (Å²) < 4.78 is 32.7. The van der Waals surface area contributed by atoms with Crippen molar-refractivity contribution in [2.75, 3.05) is 23.8 Å². The van der Waals surface area contributed by atoms with Crippen LogP contribution in [0.15, 0.2) is 207 Å². The van der Waals surface area contributed by atoms with Crippen LogP contribution in [0, 0.1) is 0 Å². The van der Waals surface area contributed by atoms with E-state index in [9.17, 15) is 39.0 Å². The average Bonchev–Trinajstić information content (AvgIpc) is 1.74. The molecule has 0 saturated carbocycles. The second-order valence-corrected chi connectivity index (χ2v) is 19.5. The van der Waals surface area contributed by atoms with E-state index >= 15 is 0 Å². The van der Waals surface area contributed by atoms with E-state index in [2.05, 4.69) is 29.9 Å². The molecule has 24 nitrogen and oxygen atoms in total. The minimum Gasteiger partial charge on any atom is -0.459 e. The van der Waals surface area contributed by atoms with Crippen molar-refractivity contribution >= 4 is 80.5 Å². The third-order valence-electron chi connectivity index (χ3n) is 13.6. The number of amides is 2. The first kappa shape index (κ1) is 59.7. The van der Waals surface area contributed by atoms with Crippen LogP contribution in [0.3, 0.4) is 0 Å². The van der Waals surface area contributed by atoms with Gasteiger partial charge in [-0.05, 0) is 72.3 Å². The second kappa shape index (κ2) is 27.5. The summed E-state index contributed by atoms with van der Waals surface area (Å²) in [5.74, 6) is -3.44. The minimum absolute atomic E-state index is 0.0228. The highest BCUT2D eigenvalue weighted by molar-refractivity contribution is 6.67. The lowest BCUT2D eigenvalue weighted by atomic mass is 10.1. The number of carbonyl (C=O) groups is 6. The normalized spacial score (nSPS) is 19.4. The predicted octanol–water partition coefficient (Wildman–Crippen LogP) is 6.60. The van der Waals surface area contributed by atoms with Gasteiger partial charge in [-0.15, -0.1) is 0 Å². The van der Waals surface area contributed by atoms with Crippen LogP contribution < -0.4 is 10.6 Å². The molecule has 2 saturated heterocycles. The van der Waals surface area contributed by atoms with Crippen LogP contribution in [0.4, 0.5) is 11.6 Å². The monoisotopic (exact) mass is 1190 g/mol. The Kier molecular flexibility index (Phi) is 18.9. The molecule has 10 aromatic rings. The van der Waals surface area contributed by atoms with E-state index in [1.54, 1.807) is 176 Å². The van der Waals surface area contributed by atoms with Gasteiger partial charge in [0.25, 0.3) is 17.1 Å². The highest BCUT2D eigenvalue weighted by Gasteiger charge is 2.52. The number of nitrogens with zero attached hydrogens (tertiary/aromatic N) is 9. The van der Waals surface area contributed by atoms with Gasteiger partial charge in [-0.3, -0.25) is 23.5 Å². The summed E-state index contributed by atoms with van der Waals surface area (Å²) in [6.07, 6.45) is -4.18. The number of carbonyl (C=O) groups excluding carboxylic acids is 6. The van der Waals surface area contributed by atoms with Gasteiger partial charge in [0, 0.05) is 16.7 Å². The first-order valence-corrected chi connectivity index (χ1v) is 27.1. The Bertz CT molecular complexity index is 3970. The van der Waals surface area contributed by atoms with E-state index in [1.807, 2.05) is 6.07 Å². The number of aliphatic hydroxyl groups is 3. The number of aromatic nitrogens is 8. The Labute approximate surface area is 499 Å². The largest absolute Gasteiger partial charge is 0.459 e. The van der Waals surface area contributed by atoms with Crippen molar-refractivity contribution in [2.45, 2.75) is 49.1 Å². The molecular formula is C62H51ClN10O14. The Morgan fingerprint density at radius 2 is 0.908 bits per heavy atom. The van der Waals surface area contributed by atoms with Crippen LogP contribution >= 0.6 is 11.6 Å². The van der Waals surface area contributed by atoms with E-state index in [-0.39, 0.29) is 50.6 Å². The maximum absolute atomic E-state index is 14.1. The van der Waals surface area contributed by atoms with Crippen molar-refractivity contribution in [2.24, 2.45) is 0 Å². The molecule has 87 heavy (non-hydrogen) atoms. The van der Waals surface area contributed by atoms with Gasteiger partial charge in [-0.1, -0.05) is 121 Å². The van der Waals surface area contributed by atoms with Crippen molar-refractivity contribution < 1.29 is 67.8 Å². The number of ether oxygens (including phenoxy) is 5. The smallest absolute Gasteiger partial charge is 0.338 e. The fraction of sp³-hybridized carbons (Fsp3) is 0.161. The highest BCUT2D eigenvalue weighted by atomic mass is 35.5. The molecule has 25 heteroatoms. The predicted molar refractivity (Wildman–Crippen MR) is 311 cm³/mol. The molecule has 2 aliphatic heterocycles. The number of hydrogen-bond acceptors (Lipinski definition) is 21. The number of rotatable bonds is 14. The minimum atomic E-state index is -1.39. The van der Waals surface area contributed by atoms with Gasteiger partial charge >= 0.3 is 17.9 Å². The average molecular weight is 1200 g/mol. The zero-order valence-corrected chi connectivity index (χ0v) is 46.2. The Morgan fingerprint density at radius 3 is 1.38 bits per heavy atom. The summed E-state index contributed by atoms with van der Waals surface area (Å²) in [6.45, 7) is -0.813. The van der Waals surface area contributed by atoms with Crippen molar-refractivity contribution in [3.05, 3.63) is 241 Å². The lowest BCUT2D eigenvalue weighted by Gasteiger charge is -2.25. The number of nitrogen functional groups attached to an aromatic ring is 1. The molecule has 0 aliphatic carbocycles. The zero-order valence-electron chi connectivity index (χ0n) is 45.5. The maximum Gasteiger partial charge on any atom is 0.338 e. The summed E-state index contributed by atoms with van der Waals surface area (Å²) in [5, 5.41) is 28.3. The zero-order chi connectivity index (χ0) is 61.0. The van der Waals surface area contributed by atoms with Gasteiger partial charge in [0.05, 0.1) is 36.0 Å². The quantitative estimate of drug-likeness (QED) is 0.0385. The fourth-order valence-corrected chi connectivity index (χ4v) is 9.44. The van der Waals surface area contributed by atoms with Crippen LogP contribution in [-0.4, -0.2) is 139 Å². The van der Waals surface area contributed by atoms with Gasteiger partial charge in [-0.25, -0.2) is 49.2 Å². The van der Waals surface area contributed by atoms with Crippen LogP contribution in [0.5, 0.6) is 0 Å². The fourth-order valence-electron chi connectivity index (χ4n) is 9.31. The van der Waals surface area contributed by atoms with Gasteiger partial charge in [0.15, 0.2) is 53.1 Å². The third kappa shape index (κ3) is 13.4. The van der Waals surface area contributed by atoms with Crippen molar-refractivity contribution in [3.8, 4) is 0 Å². The first-order chi connectivity index (χ1) is 42.3. The van der Waals surface area contributed by atoms with E-state index in [0.29, 0.717) is 16.7 Å². The van der Waals surface area contributed by atoms with E-state index < -0.39 is 97.3 Å². The number of imidazole rings is 2. The number of imide groups is 1. The molecule has 2 fully saturated rings. The first-order valence-electron chi connectivity index (χ1n) is 26.7. The number of nitrogens with two attached hydrogens (primary N) is 1. The molecule has 5 N–H and O–H groups in total. The van der Waals surface area contributed by atoms with Crippen LogP contribution in [-0.2, 0) is 23.7 Å². The highest BCUT2D eigenvalue weighted by Crippen LogP contribution is 2.38. The summed E-state index contributed by atoms with van der Waals surface area (Å²) in [7, 11) is 0. The molecule has 8 unspecified atom stereocenters. The molecule has 6 heterocycles. The van der Waals surface area contributed by atoms with Crippen molar-refractivity contribution in [1.82, 2.24) is 39.0 Å². The number of esters is 3. The number of halogens is 1. The third-order valence-corrected chi connectivity index (χ3v) is 13.8. The van der Waals surface area contributed by atoms with Gasteiger partial charge in [0.1, 0.15) is 49.2 Å². The van der Waals surface area contributed by atoms with Crippen LogP contribution in [0.25, 0.3) is 22.3 Å². The lowest BCUT2D eigenvalue weighted by Crippen LogP contribution is -2.41.